The van der Waals surface area contributed by atoms with Gasteiger partial charge in [-0.1, -0.05) is 17.7 Å². The molecule has 0 saturated carbocycles. The standard InChI is InChI=1S/C13H13ClN2O5/c14-11-8(4-3-6-9(11)16(20)21)12(17)15-7-2-1-5-10(15)13(18)19/h3-4,6,10H,1-2,5,7H2,(H,18,19)/t10-/m0/s1. The van der Waals surface area contributed by atoms with E-state index >= 15 is 0 Å². The van der Waals surface area contributed by atoms with Crippen molar-refractivity contribution in [2.24, 2.45) is 0 Å². The molecule has 1 heterocycles. The number of nitro groups is 1. The Morgan fingerprint density at radius 2 is 2.10 bits per heavy atom. The Morgan fingerprint density at radius 3 is 2.71 bits per heavy atom. The number of halogens is 1. The summed E-state index contributed by atoms with van der Waals surface area (Å²) in [6.07, 6.45) is 1.79. The minimum absolute atomic E-state index is 0.0426. The third kappa shape index (κ3) is 2.97. The SMILES string of the molecule is O=C(O)[C@@H]1CCCCN1C(=O)c1cccc([N+](=O)[O-])c1Cl. The molecule has 1 aromatic carbocycles. The zero-order chi connectivity index (χ0) is 15.6. The summed E-state index contributed by atoms with van der Waals surface area (Å²) in [7, 11) is 0. The van der Waals surface area contributed by atoms with Crippen LogP contribution in [0.2, 0.25) is 5.02 Å². The van der Waals surface area contributed by atoms with Gasteiger partial charge < -0.3 is 10.0 Å². The van der Waals surface area contributed by atoms with Gasteiger partial charge in [-0.05, 0) is 25.3 Å². The molecule has 1 aromatic rings. The van der Waals surface area contributed by atoms with Gasteiger partial charge in [-0.15, -0.1) is 0 Å². The number of nitro benzene ring substituents is 1. The molecule has 0 aromatic heterocycles. The molecule has 0 bridgehead atoms. The number of carbonyl (C=O) groups excluding carboxylic acids is 1. The average molecular weight is 313 g/mol. The van der Waals surface area contributed by atoms with E-state index in [1.807, 2.05) is 0 Å². The van der Waals surface area contributed by atoms with Gasteiger partial charge in [0, 0.05) is 12.6 Å². The number of carboxylic acid groups (broad SMARTS) is 1. The molecular formula is C13H13ClN2O5. The van der Waals surface area contributed by atoms with Gasteiger partial charge in [-0.2, -0.15) is 0 Å². The molecule has 1 aliphatic heterocycles. The van der Waals surface area contributed by atoms with Crippen molar-refractivity contribution in [3.63, 3.8) is 0 Å². The third-order valence-corrected chi connectivity index (χ3v) is 3.85. The summed E-state index contributed by atoms with van der Waals surface area (Å²) in [4.78, 5) is 35.1. The van der Waals surface area contributed by atoms with E-state index in [2.05, 4.69) is 0 Å². The largest absolute Gasteiger partial charge is 0.480 e. The van der Waals surface area contributed by atoms with Crippen molar-refractivity contribution in [1.29, 1.82) is 0 Å². The minimum Gasteiger partial charge on any atom is -0.480 e. The second-order valence-corrected chi connectivity index (χ2v) is 5.12. The number of aliphatic carboxylic acids is 1. The molecule has 21 heavy (non-hydrogen) atoms. The quantitative estimate of drug-likeness (QED) is 0.682. The first kappa shape index (κ1) is 15.2. The highest BCUT2D eigenvalue weighted by Crippen LogP contribution is 2.30. The van der Waals surface area contributed by atoms with Crippen LogP contribution in [0, 0.1) is 10.1 Å². The van der Waals surface area contributed by atoms with Crippen LogP contribution in [0.3, 0.4) is 0 Å². The molecule has 0 radical (unpaired) electrons. The molecule has 1 N–H and O–H groups in total. The van der Waals surface area contributed by atoms with E-state index in [9.17, 15) is 24.8 Å². The molecule has 8 heteroatoms. The molecule has 1 aliphatic rings. The van der Waals surface area contributed by atoms with E-state index in [-0.39, 0.29) is 16.3 Å². The number of likely N-dealkylation sites (tertiary alicyclic amines) is 1. The summed E-state index contributed by atoms with van der Waals surface area (Å²) < 4.78 is 0. The van der Waals surface area contributed by atoms with Crippen molar-refractivity contribution in [2.75, 3.05) is 6.54 Å². The smallest absolute Gasteiger partial charge is 0.326 e. The molecular weight excluding hydrogens is 300 g/mol. The monoisotopic (exact) mass is 312 g/mol. The molecule has 0 spiro atoms. The van der Waals surface area contributed by atoms with E-state index in [4.69, 9.17) is 11.6 Å². The number of piperidine rings is 1. The fraction of sp³-hybridized carbons (Fsp3) is 0.385. The van der Waals surface area contributed by atoms with Crippen LogP contribution in [0.1, 0.15) is 29.6 Å². The maximum atomic E-state index is 12.5. The highest BCUT2D eigenvalue weighted by Gasteiger charge is 2.34. The Morgan fingerprint density at radius 1 is 1.38 bits per heavy atom. The Hall–Kier alpha value is -2.15. The molecule has 0 unspecified atom stereocenters. The van der Waals surface area contributed by atoms with Gasteiger partial charge in [0.25, 0.3) is 11.6 Å². The lowest BCUT2D eigenvalue weighted by molar-refractivity contribution is -0.384. The number of carboxylic acids is 1. The zero-order valence-electron chi connectivity index (χ0n) is 11.0. The van der Waals surface area contributed by atoms with Crippen LogP contribution in [0.4, 0.5) is 5.69 Å². The molecule has 1 fully saturated rings. The van der Waals surface area contributed by atoms with Gasteiger partial charge in [-0.25, -0.2) is 4.79 Å². The summed E-state index contributed by atoms with van der Waals surface area (Å²) in [6, 6.07) is 3.01. The van der Waals surface area contributed by atoms with Crippen LogP contribution in [-0.4, -0.2) is 39.4 Å². The molecule has 112 valence electrons. The molecule has 7 nitrogen and oxygen atoms in total. The van der Waals surface area contributed by atoms with Gasteiger partial charge in [0.1, 0.15) is 11.1 Å². The maximum absolute atomic E-state index is 12.5. The van der Waals surface area contributed by atoms with Crippen LogP contribution in [0.25, 0.3) is 0 Å². The summed E-state index contributed by atoms with van der Waals surface area (Å²) in [5, 5.41) is 19.8. The number of amides is 1. The Kier molecular flexibility index (Phi) is 4.42. The van der Waals surface area contributed by atoms with Crippen molar-refractivity contribution < 1.29 is 19.6 Å². The number of nitrogens with zero attached hydrogens (tertiary/aromatic N) is 2. The normalized spacial score (nSPS) is 18.3. The molecule has 0 aliphatic carbocycles. The van der Waals surface area contributed by atoms with Gasteiger partial charge in [-0.3, -0.25) is 14.9 Å². The van der Waals surface area contributed by atoms with Gasteiger partial charge >= 0.3 is 5.97 Å². The zero-order valence-corrected chi connectivity index (χ0v) is 11.7. The van der Waals surface area contributed by atoms with Crippen LogP contribution in [-0.2, 0) is 4.79 Å². The number of hydrogen-bond donors (Lipinski definition) is 1. The summed E-state index contributed by atoms with van der Waals surface area (Å²) in [5.41, 5.74) is -0.412. The second kappa shape index (κ2) is 6.09. The lowest BCUT2D eigenvalue weighted by atomic mass is 10.0. The second-order valence-electron chi connectivity index (χ2n) is 4.74. The first-order chi connectivity index (χ1) is 9.93. The topological polar surface area (TPSA) is 101 Å². The fourth-order valence-electron chi connectivity index (χ4n) is 2.41. The van der Waals surface area contributed by atoms with Crippen LogP contribution >= 0.6 is 11.6 Å². The van der Waals surface area contributed by atoms with Crippen molar-refractivity contribution in [2.45, 2.75) is 25.3 Å². The predicted octanol–water partition coefficient (Wildman–Crippen LogP) is 2.33. The lowest BCUT2D eigenvalue weighted by Gasteiger charge is -2.33. The van der Waals surface area contributed by atoms with Gasteiger partial charge in [0.05, 0.1) is 10.5 Å². The predicted molar refractivity (Wildman–Crippen MR) is 74.4 cm³/mol. The number of carbonyl (C=O) groups is 2. The highest BCUT2D eigenvalue weighted by molar-refractivity contribution is 6.35. The first-order valence-corrected chi connectivity index (χ1v) is 6.78. The summed E-state index contributed by atoms with van der Waals surface area (Å²) in [6.45, 7) is 0.300. The number of rotatable bonds is 3. The molecule has 1 saturated heterocycles. The summed E-state index contributed by atoms with van der Waals surface area (Å²) in [5.74, 6) is -1.67. The molecule has 2 rings (SSSR count). The average Bonchev–Trinajstić information content (AvgIpc) is 2.46. The molecule has 1 atom stereocenters. The minimum atomic E-state index is -1.08. The number of hydrogen-bond acceptors (Lipinski definition) is 4. The van der Waals surface area contributed by atoms with Crippen molar-refractivity contribution >= 4 is 29.2 Å². The summed E-state index contributed by atoms with van der Waals surface area (Å²) >= 11 is 5.91. The fourth-order valence-corrected chi connectivity index (χ4v) is 2.69. The van der Waals surface area contributed by atoms with Gasteiger partial charge in [0.2, 0.25) is 0 Å². The lowest BCUT2D eigenvalue weighted by Crippen LogP contribution is -2.48. The van der Waals surface area contributed by atoms with E-state index in [0.717, 1.165) is 6.42 Å². The van der Waals surface area contributed by atoms with Crippen LogP contribution < -0.4 is 0 Å². The maximum Gasteiger partial charge on any atom is 0.326 e. The van der Waals surface area contributed by atoms with Crippen molar-refractivity contribution in [3.8, 4) is 0 Å². The van der Waals surface area contributed by atoms with Gasteiger partial charge in [0.15, 0.2) is 0 Å². The molecule has 1 amide bonds. The van der Waals surface area contributed by atoms with Crippen LogP contribution in [0.15, 0.2) is 18.2 Å². The van der Waals surface area contributed by atoms with Crippen molar-refractivity contribution in [1.82, 2.24) is 4.90 Å². The number of benzene rings is 1. The van der Waals surface area contributed by atoms with Crippen LogP contribution in [0.5, 0.6) is 0 Å². The highest BCUT2D eigenvalue weighted by atomic mass is 35.5. The van der Waals surface area contributed by atoms with E-state index in [1.165, 1.54) is 23.1 Å². The van der Waals surface area contributed by atoms with Crippen molar-refractivity contribution in [3.05, 3.63) is 38.9 Å². The van der Waals surface area contributed by atoms with E-state index in [1.54, 1.807) is 0 Å². The Labute approximate surface area is 125 Å². The van der Waals surface area contributed by atoms with E-state index < -0.39 is 22.8 Å². The first-order valence-electron chi connectivity index (χ1n) is 6.40. The third-order valence-electron chi connectivity index (χ3n) is 3.45. The Bertz CT molecular complexity index is 604. The van der Waals surface area contributed by atoms with E-state index in [0.29, 0.717) is 19.4 Å². The Balaban J connectivity index is 2.37.